The molecule has 0 bridgehead atoms. The van der Waals surface area contributed by atoms with E-state index in [0.717, 1.165) is 0 Å². The molecule has 198 valence electrons. The molecule has 2 atom stereocenters. The summed E-state index contributed by atoms with van der Waals surface area (Å²) in [6, 6.07) is 7.90. The molecule has 0 saturated carbocycles. The molecule has 0 radical (unpaired) electrons. The van der Waals surface area contributed by atoms with Crippen molar-refractivity contribution in [3.63, 3.8) is 0 Å². The van der Waals surface area contributed by atoms with Crippen LogP contribution in [-0.2, 0) is 33.2 Å². The minimum absolute atomic E-state index is 0.101. The van der Waals surface area contributed by atoms with Gasteiger partial charge in [0.05, 0.1) is 72.2 Å². The minimum atomic E-state index is -1.24. The molecule has 1 aliphatic heterocycles. The van der Waals surface area contributed by atoms with E-state index in [0.29, 0.717) is 91.1 Å². The van der Waals surface area contributed by atoms with E-state index in [4.69, 9.17) is 33.5 Å². The average molecular weight is 499 g/mol. The number of methoxy groups -OCH3 is 1. The first-order valence-electron chi connectivity index (χ1n) is 11.9. The van der Waals surface area contributed by atoms with Crippen LogP contribution in [0, 0.1) is 0 Å². The summed E-state index contributed by atoms with van der Waals surface area (Å²) in [6.45, 7) is 5.89. The van der Waals surface area contributed by atoms with Crippen molar-refractivity contribution in [2.45, 2.75) is 18.6 Å². The molecule has 11 heteroatoms. The second-order valence-corrected chi connectivity index (χ2v) is 7.80. The Kier molecular flexibility index (Phi) is 14.9. The van der Waals surface area contributed by atoms with Gasteiger partial charge in [-0.25, -0.2) is 4.79 Å². The van der Waals surface area contributed by atoms with Crippen LogP contribution in [0.3, 0.4) is 0 Å². The lowest BCUT2D eigenvalue weighted by molar-refractivity contribution is -0.133. The van der Waals surface area contributed by atoms with E-state index >= 15 is 0 Å². The number of carboxylic acid groups (broad SMARTS) is 1. The molecule has 1 aromatic carbocycles. The standard InChI is InChI=1S/C24H38N2O9/c1-30-9-10-31-11-12-32-13-14-33-15-16-34-17-18-35-21-7-8-26(19-21)23(27)22(25-24(28)29)20-5-3-2-4-6-20/h2-6,21-22,25H,7-19H2,1H3,(H,28,29)/t21-,22-/m0/s1. The lowest BCUT2D eigenvalue weighted by Gasteiger charge is -2.23. The molecule has 11 nitrogen and oxygen atoms in total. The topological polar surface area (TPSA) is 125 Å². The number of hydrogen-bond donors (Lipinski definition) is 2. The zero-order chi connectivity index (χ0) is 25.1. The van der Waals surface area contributed by atoms with Crippen molar-refractivity contribution < 1.29 is 43.1 Å². The van der Waals surface area contributed by atoms with Crippen molar-refractivity contribution in [1.82, 2.24) is 10.2 Å². The summed E-state index contributed by atoms with van der Waals surface area (Å²) in [5.74, 6) is -0.277. The van der Waals surface area contributed by atoms with Gasteiger partial charge in [0, 0.05) is 20.2 Å². The highest BCUT2D eigenvalue weighted by Gasteiger charge is 2.33. The van der Waals surface area contributed by atoms with Gasteiger partial charge in [0.25, 0.3) is 0 Å². The molecule has 35 heavy (non-hydrogen) atoms. The Labute approximate surface area is 206 Å². The number of benzene rings is 1. The Morgan fingerprint density at radius 3 is 2.00 bits per heavy atom. The van der Waals surface area contributed by atoms with E-state index in [1.54, 1.807) is 36.3 Å². The molecule has 1 heterocycles. The highest BCUT2D eigenvalue weighted by Crippen LogP contribution is 2.20. The van der Waals surface area contributed by atoms with Crippen molar-refractivity contribution in [2.24, 2.45) is 0 Å². The van der Waals surface area contributed by atoms with Crippen LogP contribution in [-0.4, -0.2) is 114 Å². The Morgan fingerprint density at radius 1 is 0.914 bits per heavy atom. The van der Waals surface area contributed by atoms with Crippen LogP contribution < -0.4 is 5.32 Å². The molecule has 2 N–H and O–H groups in total. The summed E-state index contributed by atoms with van der Waals surface area (Å²) in [6.07, 6.45) is -0.646. The Morgan fingerprint density at radius 2 is 1.46 bits per heavy atom. The summed E-state index contributed by atoms with van der Waals surface area (Å²) in [4.78, 5) is 25.8. The van der Waals surface area contributed by atoms with Gasteiger partial charge >= 0.3 is 6.09 Å². The van der Waals surface area contributed by atoms with Gasteiger partial charge in [-0.05, 0) is 12.0 Å². The molecule has 0 spiro atoms. The van der Waals surface area contributed by atoms with Crippen LogP contribution in [0.15, 0.2) is 30.3 Å². The van der Waals surface area contributed by atoms with Gasteiger partial charge in [-0.1, -0.05) is 30.3 Å². The highest BCUT2D eigenvalue weighted by molar-refractivity contribution is 5.86. The molecular formula is C24H38N2O9. The lowest BCUT2D eigenvalue weighted by Crippen LogP contribution is -2.42. The quantitative estimate of drug-likeness (QED) is 0.272. The molecule has 2 amide bonds. The average Bonchev–Trinajstić information content (AvgIpc) is 3.34. The van der Waals surface area contributed by atoms with E-state index in [1.165, 1.54) is 0 Å². The third-order valence-corrected chi connectivity index (χ3v) is 5.23. The van der Waals surface area contributed by atoms with Crippen LogP contribution >= 0.6 is 0 Å². The molecular weight excluding hydrogens is 460 g/mol. The van der Waals surface area contributed by atoms with Crippen molar-refractivity contribution in [3.05, 3.63) is 35.9 Å². The van der Waals surface area contributed by atoms with Crippen LogP contribution in [0.5, 0.6) is 0 Å². The number of carbonyl (C=O) groups is 2. The van der Waals surface area contributed by atoms with Crippen LogP contribution in [0.1, 0.15) is 18.0 Å². The van der Waals surface area contributed by atoms with Crippen LogP contribution in [0.25, 0.3) is 0 Å². The number of rotatable bonds is 19. The van der Waals surface area contributed by atoms with Crippen molar-refractivity contribution in [2.75, 3.05) is 86.3 Å². The highest BCUT2D eigenvalue weighted by atomic mass is 16.6. The van der Waals surface area contributed by atoms with Gasteiger partial charge in [-0.15, -0.1) is 0 Å². The first-order valence-corrected chi connectivity index (χ1v) is 11.9. The van der Waals surface area contributed by atoms with Gasteiger partial charge in [0.1, 0.15) is 6.04 Å². The maximum Gasteiger partial charge on any atom is 0.405 e. The lowest BCUT2D eigenvalue weighted by atomic mass is 10.1. The molecule has 1 aromatic rings. The van der Waals surface area contributed by atoms with Gasteiger partial charge in [0.15, 0.2) is 0 Å². The van der Waals surface area contributed by atoms with Crippen molar-refractivity contribution >= 4 is 12.0 Å². The normalized spacial score (nSPS) is 16.4. The molecule has 0 aromatic heterocycles. The van der Waals surface area contributed by atoms with Gasteiger partial charge < -0.3 is 43.7 Å². The number of nitrogens with one attached hydrogen (secondary N) is 1. The molecule has 1 aliphatic rings. The smallest absolute Gasteiger partial charge is 0.405 e. The SMILES string of the molecule is COCCOCCOCCOCCOCCO[C@H]1CCN(C(=O)[C@@H](NC(=O)O)c2ccccc2)C1. The molecule has 0 aliphatic carbocycles. The van der Waals surface area contributed by atoms with Crippen molar-refractivity contribution in [3.8, 4) is 0 Å². The van der Waals surface area contributed by atoms with E-state index in [1.807, 2.05) is 6.07 Å². The van der Waals surface area contributed by atoms with Crippen LogP contribution in [0.2, 0.25) is 0 Å². The zero-order valence-electron chi connectivity index (χ0n) is 20.4. The maximum atomic E-state index is 12.9. The summed E-state index contributed by atoms with van der Waals surface area (Å²) >= 11 is 0. The molecule has 1 fully saturated rings. The minimum Gasteiger partial charge on any atom is -0.465 e. The van der Waals surface area contributed by atoms with Crippen molar-refractivity contribution in [1.29, 1.82) is 0 Å². The predicted octanol–water partition coefficient (Wildman–Crippen LogP) is 1.33. The fourth-order valence-electron chi connectivity index (χ4n) is 3.48. The predicted molar refractivity (Wildman–Crippen MR) is 126 cm³/mol. The third kappa shape index (κ3) is 12.3. The number of hydrogen-bond acceptors (Lipinski definition) is 8. The number of carbonyl (C=O) groups excluding carboxylic acids is 1. The van der Waals surface area contributed by atoms with E-state index in [9.17, 15) is 9.59 Å². The second-order valence-electron chi connectivity index (χ2n) is 7.80. The second kappa shape index (κ2) is 18.1. The maximum absolute atomic E-state index is 12.9. The fourth-order valence-corrected chi connectivity index (χ4v) is 3.48. The first-order chi connectivity index (χ1) is 17.1. The third-order valence-electron chi connectivity index (χ3n) is 5.23. The Hall–Kier alpha value is -2.28. The van der Waals surface area contributed by atoms with Gasteiger partial charge in [0.2, 0.25) is 5.91 Å². The van der Waals surface area contributed by atoms with Gasteiger partial charge in [-0.2, -0.15) is 0 Å². The summed E-state index contributed by atoms with van der Waals surface area (Å²) in [5, 5.41) is 11.5. The summed E-state index contributed by atoms with van der Waals surface area (Å²) in [7, 11) is 1.63. The number of likely N-dealkylation sites (tertiary alicyclic amines) is 1. The summed E-state index contributed by atoms with van der Waals surface area (Å²) < 4.78 is 32.3. The fraction of sp³-hybridized carbons (Fsp3) is 0.667. The number of amides is 2. The van der Waals surface area contributed by atoms with E-state index < -0.39 is 12.1 Å². The van der Waals surface area contributed by atoms with Gasteiger partial charge in [-0.3, -0.25) is 4.79 Å². The monoisotopic (exact) mass is 498 g/mol. The summed E-state index contributed by atoms with van der Waals surface area (Å²) in [5.41, 5.74) is 0.610. The molecule has 2 rings (SSSR count). The largest absolute Gasteiger partial charge is 0.465 e. The molecule has 0 unspecified atom stereocenters. The number of nitrogens with zero attached hydrogens (tertiary/aromatic N) is 1. The number of ether oxygens (including phenoxy) is 6. The van der Waals surface area contributed by atoms with Crippen LogP contribution in [0.4, 0.5) is 4.79 Å². The Balaban J connectivity index is 1.49. The first kappa shape index (κ1) is 29.0. The Bertz CT molecular complexity index is 707. The molecule has 1 saturated heterocycles. The van der Waals surface area contributed by atoms with E-state index in [-0.39, 0.29) is 12.0 Å². The zero-order valence-corrected chi connectivity index (χ0v) is 20.4. The van der Waals surface area contributed by atoms with E-state index in [2.05, 4.69) is 5.32 Å².